The Kier molecular flexibility index (Phi) is 9.26. The summed E-state index contributed by atoms with van der Waals surface area (Å²) in [5.41, 5.74) is 5.17. The third kappa shape index (κ3) is 7.34. The zero-order chi connectivity index (χ0) is 26.5. The van der Waals surface area contributed by atoms with Crippen LogP contribution in [0.2, 0.25) is 0 Å². The first-order valence-corrected chi connectivity index (χ1v) is 14.1. The molecule has 2 N–H and O–H groups in total. The number of rotatable bonds is 9. The quantitative estimate of drug-likeness (QED) is 0.368. The normalized spacial score (nSPS) is 23.2. The van der Waals surface area contributed by atoms with Gasteiger partial charge in [-0.05, 0) is 63.1 Å². The van der Waals surface area contributed by atoms with Crippen LogP contribution in [0.1, 0.15) is 76.3 Å². The third-order valence-electron chi connectivity index (χ3n) is 7.67. The van der Waals surface area contributed by atoms with Gasteiger partial charge in [-0.2, -0.15) is 0 Å². The van der Waals surface area contributed by atoms with Gasteiger partial charge in [0.05, 0.1) is 17.2 Å². The van der Waals surface area contributed by atoms with Crippen LogP contribution in [-0.2, 0) is 0 Å². The van der Waals surface area contributed by atoms with Crippen molar-refractivity contribution in [1.82, 2.24) is 20.5 Å². The summed E-state index contributed by atoms with van der Waals surface area (Å²) in [6.45, 7) is 24.4. The zero-order valence-electron chi connectivity index (χ0n) is 22.9. The highest BCUT2D eigenvalue weighted by atomic mass is 32.1. The Bertz CT molecular complexity index is 995. The van der Waals surface area contributed by atoms with Gasteiger partial charge < -0.3 is 15.5 Å². The van der Waals surface area contributed by atoms with Crippen LogP contribution < -0.4 is 10.6 Å². The van der Waals surface area contributed by atoms with Gasteiger partial charge in [-0.1, -0.05) is 58.7 Å². The van der Waals surface area contributed by atoms with E-state index in [0.29, 0.717) is 30.5 Å². The molecule has 6 heteroatoms. The number of allylic oxidation sites excluding steroid dienone is 3. The van der Waals surface area contributed by atoms with E-state index in [-0.39, 0.29) is 11.5 Å². The Balaban J connectivity index is 0.000000236. The fourth-order valence-corrected chi connectivity index (χ4v) is 5.29. The number of thiazole rings is 1. The van der Waals surface area contributed by atoms with Crippen LogP contribution >= 0.6 is 11.3 Å². The number of hydrogen-bond acceptors (Lipinski definition) is 5. The van der Waals surface area contributed by atoms with Gasteiger partial charge in [-0.3, -0.25) is 0 Å². The fraction of sp³-hybridized carbons (Fsp3) is 0.567. The largest absolute Gasteiger partial charge is 0.383 e. The molecule has 36 heavy (non-hydrogen) atoms. The number of halogens is 1. The summed E-state index contributed by atoms with van der Waals surface area (Å²) < 4.78 is 13.5. The predicted octanol–water partition coefficient (Wildman–Crippen LogP) is 7.16. The molecule has 2 aliphatic carbocycles. The lowest BCUT2D eigenvalue weighted by Gasteiger charge is -2.30. The Hall–Kier alpha value is -2.34. The molecule has 1 saturated carbocycles. The summed E-state index contributed by atoms with van der Waals surface area (Å²) >= 11 is 1.76. The average Bonchev–Trinajstić information content (AvgIpc) is 3.22. The van der Waals surface area contributed by atoms with Crippen molar-refractivity contribution in [3.8, 4) is 0 Å². The maximum absolute atomic E-state index is 13.5. The Morgan fingerprint density at radius 2 is 2.08 bits per heavy atom. The van der Waals surface area contributed by atoms with Crippen LogP contribution in [0.5, 0.6) is 0 Å². The van der Waals surface area contributed by atoms with E-state index in [4.69, 9.17) is 0 Å². The second-order valence-corrected chi connectivity index (χ2v) is 12.3. The van der Waals surface area contributed by atoms with Gasteiger partial charge in [0.25, 0.3) is 0 Å². The van der Waals surface area contributed by atoms with Crippen LogP contribution in [0.25, 0.3) is 0 Å². The van der Waals surface area contributed by atoms with E-state index >= 15 is 0 Å². The van der Waals surface area contributed by atoms with E-state index in [9.17, 15) is 4.39 Å². The van der Waals surface area contributed by atoms with Crippen molar-refractivity contribution in [3.63, 3.8) is 0 Å². The minimum absolute atomic E-state index is 0.147. The molecule has 1 aromatic rings. The van der Waals surface area contributed by atoms with Crippen molar-refractivity contribution in [2.45, 2.75) is 90.4 Å². The number of alkyl halides is 1. The van der Waals surface area contributed by atoms with E-state index in [1.54, 1.807) is 11.3 Å². The molecule has 1 aromatic heterocycles. The van der Waals surface area contributed by atoms with Gasteiger partial charge in [-0.15, -0.1) is 11.3 Å². The van der Waals surface area contributed by atoms with Gasteiger partial charge in [0.2, 0.25) is 0 Å². The molecule has 1 aliphatic heterocycles. The number of aromatic nitrogens is 1. The van der Waals surface area contributed by atoms with Crippen molar-refractivity contribution in [3.05, 3.63) is 77.2 Å². The summed E-state index contributed by atoms with van der Waals surface area (Å²) in [4.78, 5) is 8.03. The number of aryl methyl sites for hydroxylation is 1. The fourth-order valence-electron chi connectivity index (χ4n) is 4.39. The third-order valence-corrected chi connectivity index (χ3v) is 8.73. The molecule has 1 saturated heterocycles. The molecule has 198 valence electrons. The first-order valence-electron chi connectivity index (χ1n) is 13.2. The average molecular weight is 513 g/mol. The second kappa shape index (κ2) is 11.8. The molecule has 0 amide bonds. The number of nitrogens with one attached hydrogen (secondary N) is 2. The monoisotopic (exact) mass is 512 g/mol. The highest BCUT2D eigenvalue weighted by Gasteiger charge is 2.46. The summed E-state index contributed by atoms with van der Waals surface area (Å²) in [6.07, 6.45) is 13.5. The van der Waals surface area contributed by atoms with Crippen molar-refractivity contribution in [1.29, 1.82) is 0 Å². The van der Waals surface area contributed by atoms with Crippen LogP contribution in [0, 0.1) is 12.3 Å². The Morgan fingerprint density at radius 3 is 2.61 bits per heavy atom. The summed E-state index contributed by atoms with van der Waals surface area (Å²) in [7, 11) is 0. The maximum Gasteiger partial charge on any atom is 0.149 e. The van der Waals surface area contributed by atoms with Crippen molar-refractivity contribution < 1.29 is 4.39 Å². The molecular formula is C30H45FN4S. The second-order valence-electron chi connectivity index (χ2n) is 11.4. The first-order chi connectivity index (χ1) is 16.9. The van der Waals surface area contributed by atoms with E-state index in [2.05, 4.69) is 93.1 Å². The summed E-state index contributed by atoms with van der Waals surface area (Å²) in [5, 5.41) is 6.66. The van der Waals surface area contributed by atoms with E-state index in [1.165, 1.54) is 29.0 Å². The number of likely N-dealkylation sites (tertiary alicyclic amines) is 1. The number of hydrogen-bond donors (Lipinski definition) is 2. The lowest BCUT2D eigenvalue weighted by molar-refractivity contribution is 0.271. The van der Waals surface area contributed by atoms with Gasteiger partial charge in [-0.25, -0.2) is 9.37 Å². The molecule has 3 atom stereocenters. The van der Waals surface area contributed by atoms with Gasteiger partial charge in [0, 0.05) is 41.3 Å². The van der Waals surface area contributed by atoms with Crippen LogP contribution in [-0.4, -0.2) is 40.7 Å². The topological polar surface area (TPSA) is 40.2 Å². The lowest BCUT2D eigenvalue weighted by Crippen LogP contribution is -2.39. The molecular weight excluding hydrogens is 467 g/mol. The molecule has 2 fully saturated rings. The smallest absolute Gasteiger partial charge is 0.149 e. The summed E-state index contributed by atoms with van der Waals surface area (Å²) in [5.74, 6) is 0.487. The van der Waals surface area contributed by atoms with E-state index in [1.807, 2.05) is 11.7 Å². The lowest BCUT2D eigenvalue weighted by atomic mass is 9.88. The van der Waals surface area contributed by atoms with Crippen LogP contribution in [0.4, 0.5) is 4.39 Å². The molecule has 0 aromatic carbocycles. The molecule has 4 nitrogen and oxygen atoms in total. The van der Waals surface area contributed by atoms with Crippen molar-refractivity contribution in [2.75, 3.05) is 13.1 Å². The molecule has 0 bridgehead atoms. The molecule has 0 spiro atoms. The Labute approximate surface area is 222 Å². The van der Waals surface area contributed by atoms with Crippen molar-refractivity contribution >= 4 is 11.3 Å². The predicted molar refractivity (Wildman–Crippen MR) is 153 cm³/mol. The first kappa shape index (κ1) is 28.2. The summed E-state index contributed by atoms with van der Waals surface area (Å²) in [6, 6.07) is 0.654. The van der Waals surface area contributed by atoms with Gasteiger partial charge in [0.1, 0.15) is 5.67 Å². The Morgan fingerprint density at radius 1 is 1.36 bits per heavy atom. The minimum Gasteiger partial charge on any atom is -0.383 e. The van der Waals surface area contributed by atoms with E-state index in [0.717, 1.165) is 25.2 Å². The molecule has 3 aliphatic rings. The maximum atomic E-state index is 13.5. The van der Waals surface area contributed by atoms with Crippen molar-refractivity contribution in [2.24, 2.45) is 5.41 Å². The van der Waals surface area contributed by atoms with Crippen LogP contribution in [0.3, 0.4) is 0 Å². The highest BCUT2D eigenvalue weighted by molar-refractivity contribution is 7.09. The minimum atomic E-state index is -1.10. The molecule has 3 unspecified atom stereocenters. The zero-order valence-corrected chi connectivity index (χ0v) is 23.7. The highest BCUT2D eigenvalue weighted by Crippen LogP contribution is 2.45. The molecule has 4 rings (SSSR count). The van der Waals surface area contributed by atoms with Gasteiger partial charge in [0.15, 0.2) is 0 Å². The molecule has 2 heterocycles. The number of nitrogens with zero attached hydrogens (tertiary/aromatic N) is 2. The molecule has 0 radical (unpaired) electrons. The SMILES string of the molecule is C=C(NC(C)C(C)(C)C)C1(F)CC1.C=CN1CCCC1C(=C)NCC1=CCC(c2scnc2C)C=C1. The van der Waals surface area contributed by atoms with Gasteiger partial charge >= 0.3 is 0 Å². The van der Waals surface area contributed by atoms with E-state index < -0.39 is 5.67 Å². The standard InChI is InChI=1S/C19H25N3S.C11H20FN/c1-4-22-11-5-6-18(22)14(2)20-12-16-7-9-17(10-8-16)19-15(3)21-13-23-19;1-8(10(3,4)5)13-9(2)11(12)6-7-11/h4,7-9,13,17-18,20H,1-2,5-6,10-12H2,3H3;8,13H,2,6-7H2,1,3-5H3. The van der Waals surface area contributed by atoms with Crippen LogP contribution in [0.15, 0.2) is 66.6 Å².